The number of para-hydroxylation sites is 1. The number of ketones is 1. The third kappa shape index (κ3) is 4.00. The zero-order valence-corrected chi connectivity index (χ0v) is 19.9. The van der Waals surface area contributed by atoms with E-state index < -0.39 is 23.2 Å². The van der Waals surface area contributed by atoms with E-state index in [2.05, 4.69) is 4.98 Å². The van der Waals surface area contributed by atoms with Crippen LogP contribution < -0.4 is 4.74 Å². The monoisotopic (exact) mass is 508 g/mol. The highest BCUT2D eigenvalue weighted by Crippen LogP contribution is 2.45. The van der Waals surface area contributed by atoms with Crippen LogP contribution in [0.3, 0.4) is 0 Å². The molecule has 9 heteroatoms. The Kier molecular flexibility index (Phi) is 5.92. The molecule has 0 aliphatic heterocycles. The molecule has 0 radical (unpaired) electrons. The molecule has 0 saturated heterocycles. The van der Waals surface area contributed by atoms with Crippen LogP contribution in [0.2, 0.25) is 5.02 Å². The fourth-order valence-corrected chi connectivity index (χ4v) is 5.25. The summed E-state index contributed by atoms with van der Waals surface area (Å²) in [6, 6.07) is 17.9. The number of aromatic hydroxyl groups is 2. The minimum absolute atomic E-state index is 0.00292. The van der Waals surface area contributed by atoms with Gasteiger partial charge in [0, 0.05) is 22.6 Å². The molecule has 6 nitrogen and oxygen atoms in total. The first-order valence-corrected chi connectivity index (χ1v) is 11.7. The molecule has 0 atom stereocenters. The van der Waals surface area contributed by atoms with Gasteiger partial charge in [0.25, 0.3) is 0 Å². The number of ether oxygens (including phenoxy) is 1. The van der Waals surface area contributed by atoms with Crippen molar-refractivity contribution in [2.45, 2.75) is 6.42 Å². The lowest BCUT2D eigenvalue weighted by Crippen LogP contribution is -2.08. The quantitative estimate of drug-likeness (QED) is 0.259. The molecule has 0 aliphatic carbocycles. The Morgan fingerprint density at radius 3 is 2.63 bits per heavy atom. The van der Waals surface area contributed by atoms with Crippen molar-refractivity contribution in [1.82, 2.24) is 9.55 Å². The van der Waals surface area contributed by atoms with E-state index in [1.165, 1.54) is 41.2 Å². The number of rotatable bonds is 6. The minimum atomic E-state index is -0.652. The molecule has 0 fully saturated rings. The number of nitrogens with zero attached hydrogens (tertiary/aromatic N) is 2. The van der Waals surface area contributed by atoms with E-state index in [4.69, 9.17) is 16.3 Å². The molecule has 0 unspecified atom stereocenters. The van der Waals surface area contributed by atoms with Crippen molar-refractivity contribution in [3.63, 3.8) is 0 Å². The van der Waals surface area contributed by atoms with Crippen LogP contribution in [0, 0.1) is 5.82 Å². The Balaban J connectivity index is 1.74. The number of fused-ring (bicyclic) bond motifs is 1. The highest BCUT2D eigenvalue weighted by atomic mass is 35.5. The highest BCUT2D eigenvalue weighted by Gasteiger charge is 2.31. The molecule has 5 aromatic rings. The van der Waals surface area contributed by atoms with Gasteiger partial charge in [-0.1, -0.05) is 53.3 Å². The molecule has 0 saturated carbocycles. The summed E-state index contributed by atoms with van der Waals surface area (Å²) in [5.74, 6) is -1.91. The Morgan fingerprint density at radius 1 is 1.11 bits per heavy atom. The van der Waals surface area contributed by atoms with Gasteiger partial charge in [0.15, 0.2) is 16.7 Å². The molecular formula is C26H18ClFN2O4S. The Labute approximate surface area is 208 Å². The SMILES string of the molecule is COc1ccccc1CC(=O)c1c(O)c(O)n(-c2nc3ccc(Cl)cc3s2)c1-c1ccccc1F. The van der Waals surface area contributed by atoms with Gasteiger partial charge in [-0.05, 0) is 36.4 Å². The summed E-state index contributed by atoms with van der Waals surface area (Å²) in [5.41, 5.74) is 1.01. The second-order valence-electron chi connectivity index (χ2n) is 7.73. The molecule has 5 rings (SSSR count). The number of carbonyl (C=O) groups is 1. The lowest BCUT2D eigenvalue weighted by Gasteiger charge is -2.11. The zero-order chi connectivity index (χ0) is 24.7. The average Bonchev–Trinajstić information content (AvgIpc) is 3.37. The van der Waals surface area contributed by atoms with Crippen molar-refractivity contribution in [2.24, 2.45) is 0 Å². The summed E-state index contributed by atoms with van der Waals surface area (Å²) in [6.45, 7) is 0. The predicted molar refractivity (Wildman–Crippen MR) is 134 cm³/mol. The summed E-state index contributed by atoms with van der Waals surface area (Å²) in [4.78, 5) is 18.0. The molecule has 2 heterocycles. The van der Waals surface area contributed by atoms with Crippen LogP contribution in [0.4, 0.5) is 4.39 Å². The van der Waals surface area contributed by atoms with Gasteiger partial charge in [-0.25, -0.2) is 9.37 Å². The van der Waals surface area contributed by atoms with Gasteiger partial charge < -0.3 is 14.9 Å². The second-order valence-corrected chi connectivity index (χ2v) is 9.18. The summed E-state index contributed by atoms with van der Waals surface area (Å²) in [6.07, 6.45) is -0.141. The van der Waals surface area contributed by atoms with Crippen LogP contribution in [0.1, 0.15) is 15.9 Å². The fourth-order valence-electron chi connectivity index (χ4n) is 4.00. The van der Waals surface area contributed by atoms with Gasteiger partial charge in [-0.3, -0.25) is 9.36 Å². The maximum atomic E-state index is 15.0. The van der Waals surface area contributed by atoms with E-state index in [0.29, 0.717) is 21.9 Å². The van der Waals surface area contributed by atoms with Gasteiger partial charge in [-0.2, -0.15) is 0 Å². The van der Waals surface area contributed by atoms with Crippen molar-refractivity contribution >= 4 is 38.9 Å². The first kappa shape index (κ1) is 22.9. The highest BCUT2D eigenvalue weighted by molar-refractivity contribution is 7.20. The number of hydrogen-bond acceptors (Lipinski definition) is 6. The number of hydrogen-bond donors (Lipinski definition) is 2. The molecular weight excluding hydrogens is 491 g/mol. The maximum Gasteiger partial charge on any atom is 0.242 e. The topological polar surface area (TPSA) is 84.6 Å². The third-order valence-corrected chi connectivity index (χ3v) is 6.84. The fraction of sp³-hybridized carbons (Fsp3) is 0.0769. The predicted octanol–water partition coefficient (Wildman–Crippen LogP) is 6.39. The number of halogens is 2. The molecule has 2 N–H and O–H groups in total. The van der Waals surface area contributed by atoms with Gasteiger partial charge >= 0.3 is 0 Å². The lowest BCUT2D eigenvalue weighted by molar-refractivity contribution is 0.0990. The molecule has 35 heavy (non-hydrogen) atoms. The number of benzene rings is 3. The van der Waals surface area contributed by atoms with E-state index >= 15 is 4.39 Å². The summed E-state index contributed by atoms with van der Waals surface area (Å²) >= 11 is 7.28. The summed E-state index contributed by atoms with van der Waals surface area (Å²) in [5, 5.41) is 22.6. The zero-order valence-electron chi connectivity index (χ0n) is 18.3. The van der Waals surface area contributed by atoms with Crippen LogP contribution >= 0.6 is 22.9 Å². The molecule has 0 spiro atoms. The van der Waals surface area contributed by atoms with E-state index in [1.807, 2.05) is 0 Å². The first-order valence-electron chi connectivity index (χ1n) is 10.5. The van der Waals surface area contributed by atoms with Crippen molar-refractivity contribution in [3.05, 3.63) is 88.7 Å². The third-order valence-electron chi connectivity index (χ3n) is 5.60. The van der Waals surface area contributed by atoms with E-state index in [0.717, 1.165) is 4.70 Å². The van der Waals surface area contributed by atoms with Crippen LogP contribution in [0.5, 0.6) is 17.4 Å². The number of aromatic nitrogens is 2. The van der Waals surface area contributed by atoms with Crippen LogP contribution in [-0.2, 0) is 6.42 Å². The Morgan fingerprint density at radius 2 is 1.86 bits per heavy atom. The summed E-state index contributed by atoms with van der Waals surface area (Å²) in [7, 11) is 1.49. The second kappa shape index (κ2) is 9.05. The molecule has 2 aromatic heterocycles. The van der Waals surface area contributed by atoms with Gasteiger partial charge in [0.1, 0.15) is 11.6 Å². The molecule has 0 bridgehead atoms. The molecule has 0 aliphatic rings. The van der Waals surface area contributed by atoms with Crippen molar-refractivity contribution in [2.75, 3.05) is 7.11 Å². The van der Waals surface area contributed by atoms with Crippen molar-refractivity contribution < 1.29 is 24.1 Å². The van der Waals surface area contributed by atoms with E-state index in [-0.39, 0.29) is 28.4 Å². The average molecular weight is 509 g/mol. The summed E-state index contributed by atoms with van der Waals surface area (Å²) < 4.78 is 22.3. The first-order chi connectivity index (χ1) is 16.9. The van der Waals surface area contributed by atoms with Crippen molar-refractivity contribution in [1.29, 1.82) is 0 Å². The number of Topliss-reactive ketones (excluding diaryl/α,β-unsaturated/α-hetero) is 1. The number of carbonyl (C=O) groups excluding carboxylic acids is 1. The number of methoxy groups -OCH3 is 1. The molecule has 0 amide bonds. The molecule has 176 valence electrons. The van der Waals surface area contributed by atoms with Crippen LogP contribution in [0.15, 0.2) is 66.7 Å². The normalized spacial score (nSPS) is 11.2. The minimum Gasteiger partial charge on any atom is -0.503 e. The smallest absolute Gasteiger partial charge is 0.242 e. The maximum absolute atomic E-state index is 15.0. The standard InChI is InChI=1S/C26H18ClFN2O4S/c1-34-20-9-5-2-6-14(20)12-19(31)22-23(16-7-3-4-8-17(16)28)30(25(33)24(22)32)26-29-18-11-10-15(27)13-21(18)35-26/h2-11,13,32-33H,12H2,1H3. The van der Waals surface area contributed by atoms with E-state index in [9.17, 15) is 15.0 Å². The largest absolute Gasteiger partial charge is 0.503 e. The molecule has 3 aromatic carbocycles. The van der Waals surface area contributed by atoms with Gasteiger partial charge in [-0.15, -0.1) is 0 Å². The van der Waals surface area contributed by atoms with Gasteiger partial charge in [0.05, 0.1) is 28.6 Å². The van der Waals surface area contributed by atoms with Crippen LogP contribution in [-0.4, -0.2) is 32.7 Å². The Hall–Kier alpha value is -3.88. The van der Waals surface area contributed by atoms with Gasteiger partial charge in [0.2, 0.25) is 5.88 Å². The van der Waals surface area contributed by atoms with E-state index in [1.54, 1.807) is 48.5 Å². The lowest BCUT2D eigenvalue weighted by atomic mass is 9.98. The number of thiazole rings is 1. The van der Waals surface area contributed by atoms with Crippen LogP contribution in [0.25, 0.3) is 26.6 Å². The van der Waals surface area contributed by atoms with Crippen molar-refractivity contribution in [3.8, 4) is 33.8 Å². The Bertz CT molecular complexity index is 1590.